The average molecular weight is 252 g/mol. The molecule has 3 heteroatoms. The summed E-state index contributed by atoms with van der Waals surface area (Å²) >= 11 is 0. The molecule has 0 aromatic heterocycles. The Balaban J connectivity index is 1.61. The molecule has 5 aliphatic carbocycles. The first-order chi connectivity index (χ1) is 8.38. The smallest absolute Gasteiger partial charge is 0.0802 e. The zero-order chi connectivity index (χ0) is 12.8. The van der Waals surface area contributed by atoms with Crippen LogP contribution >= 0.6 is 0 Å². The van der Waals surface area contributed by atoms with Crippen LogP contribution in [0.25, 0.3) is 0 Å². The summed E-state index contributed by atoms with van der Waals surface area (Å²) in [5, 5.41) is 20.0. The molecule has 9 atom stereocenters. The van der Waals surface area contributed by atoms with Crippen molar-refractivity contribution >= 4 is 0 Å². The van der Waals surface area contributed by atoms with Crippen molar-refractivity contribution in [3.8, 4) is 0 Å². The SMILES string of the molecule is CC(C)(C)O[C@@H]1C2[C@@H]3[C@H]2[C@H]2C[C@H](O)[C@H](O)C[C@@H]3C12. The van der Waals surface area contributed by atoms with Gasteiger partial charge < -0.3 is 14.9 Å². The highest BCUT2D eigenvalue weighted by Crippen LogP contribution is 2.79. The van der Waals surface area contributed by atoms with Crippen LogP contribution in [0.2, 0.25) is 0 Å². The molecule has 2 N–H and O–H groups in total. The lowest BCUT2D eigenvalue weighted by Crippen LogP contribution is -2.32. The third-order valence-corrected chi connectivity index (χ3v) is 5.89. The first-order valence-corrected chi connectivity index (χ1v) is 7.42. The number of aliphatic hydroxyl groups excluding tert-OH is 2. The molecule has 3 nitrogen and oxygen atoms in total. The van der Waals surface area contributed by atoms with E-state index in [1.807, 2.05) is 0 Å². The molecule has 0 radical (unpaired) electrons. The Kier molecular flexibility index (Phi) is 2.15. The normalized spacial score (nSPS) is 60.8. The van der Waals surface area contributed by atoms with Gasteiger partial charge in [-0.05, 0) is 69.1 Å². The maximum atomic E-state index is 9.98. The van der Waals surface area contributed by atoms with E-state index in [1.54, 1.807) is 0 Å². The maximum absolute atomic E-state index is 9.98. The molecule has 2 unspecified atom stereocenters. The molecule has 0 heterocycles. The van der Waals surface area contributed by atoms with Gasteiger partial charge in [-0.15, -0.1) is 0 Å². The Hall–Kier alpha value is -0.120. The molecule has 5 saturated carbocycles. The Bertz CT molecular complexity index is 350. The predicted molar refractivity (Wildman–Crippen MR) is 66.8 cm³/mol. The van der Waals surface area contributed by atoms with Crippen molar-refractivity contribution in [3.63, 3.8) is 0 Å². The van der Waals surface area contributed by atoms with Crippen LogP contribution in [0.1, 0.15) is 33.6 Å². The largest absolute Gasteiger partial charge is 0.390 e. The van der Waals surface area contributed by atoms with E-state index < -0.39 is 12.2 Å². The lowest BCUT2D eigenvalue weighted by Gasteiger charge is -2.30. The molecule has 5 rings (SSSR count). The molecule has 102 valence electrons. The van der Waals surface area contributed by atoms with Crippen molar-refractivity contribution in [1.82, 2.24) is 0 Å². The van der Waals surface area contributed by atoms with E-state index in [4.69, 9.17) is 4.74 Å². The first-order valence-electron chi connectivity index (χ1n) is 7.42. The van der Waals surface area contributed by atoms with Crippen molar-refractivity contribution in [2.45, 2.75) is 57.5 Å². The van der Waals surface area contributed by atoms with Gasteiger partial charge in [0.05, 0.1) is 23.9 Å². The minimum absolute atomic E-state index is 0.0737. The van der Waals surface area contributed by atoms with Crippen molar-refractivity contribution in [2.24, 2.45) is 35.5 Å². The minimum Gasteiger partial charge on any atom is -0.390 e. The van der Waals surface area contributed by atoms with Gasteiger partial charge in [-0.1, -0.05) is 0 Å². The molecule has 0 aromatic rings. The van der Waals surface area contributed by atoms with E-state index in [2.05, 4.69) is 20.8 Å². The Morgan fingerprint density at radius 2 is 1.33 bits per heavy atom. The molecule has 5 aliphatic rings. The van der Waals surface area contributed by atoms with Crippen LogP contribution in [-0.4, -0.2) is 34.1 Å². The zero-order valence-corrected chi connectivity index (χ0v) is 11.4. The van der Waals surface area contributed by atoms with E-state index in [1.165, 1.54) is 0 Å². The van der Waals surface area contributed by atoms with Crippen LogP contribution in [0.3, 0.4) is 0 Å². The van der Waals surface area contributed by atoms with Gasteiger partial charge in [0, 0.05) is 0 Å². The Labute approximate surface area is 109 Å². The van der Waals surface area contributed by atoms with Gasteiger partial charge in [-0.25, -0.2) is 0 Å². The van der Waals surface area contributed by atoms with Gasteiger partial charge in [0.2, 0.25) is 0 Å². The average Bonchev–Trinajstić information content (AvgIpc) is 2.71. The second kappa shape index (κ2) is 3.31. The lowest BCUT2D eigenvalue weighted by molar-refractivity contribution is -0.0835. The Morgan fingerprint density at radius 1 is 0.833 bits per heavy atom. The summed E-state index contributed by atoms with van der Waals surface area (Å²) in [6.45, 7) is 6.40. The maximum Gasteiger partial charge on any atom is 0.0802 e. The molecule has 0 aliphatic heterocycles. The summed E-state index contributed by atoms with van der Waals surface area (Å²) in [7, 11) is 0. The van der Waals surface area contributed by atoms with Gasteiger partial charge in [0.15, 0.2) is 0 Å². The standard InChI is InChI=1S/C15H24O3/c1-15(2,3)18-14-10-6-4-8(16)9(17)5-7(10)12-11(6)13(12)14/h6-14,16-17H,4-5H2,1-3H3/t6-,7+,8-,9+,10?,11+,12-,13?,14-/m0/s1. The van der Waals surface area contributed by atoms with Gasteiger partial charge in [0.1, 0.15) is 0 Å². The predicted octanol–water partition coefficient (Wildman–Crippen LogP) is 1.42. The monoisotopic (exact) mass is 252 g/mol. The summed E-state index contributed by atoms with van der Waals surface area (Å²) < 4.78 is 6.31. The molecule has 0 amide bonds. The fourth-order valence-electron chi connectivity index (χ4n) is 5.61. The zero-order valence-electron chi connectivity index (χ0n) is 11.4. The minimum atomic E-state index is -0.502. The number of aliphatic hydroxyl groups is 2. The summed E-state index contributed by atoms with van der Waals surface area (Å²) in [4.78, 5) is 0. The topological polar surface area (TPSA) is 49.7 Å². The number of hydrogen-bond donors (Lipinski definition) is 2. The van der Waals surface area contributed by atoms with E-state index in [9.17, 15) is 10.2 Å². The third kappa shape index (κ3) is 1.36. The summed E-state index contributed by atoms with van der Waals surface area (Å²) in [5.41, 5.74) is -0.0737. The third-order valence-electron chi connectivity index (χ3n) is 5.89. The second-order valence-corrected chi connectivity index (χ2v) is 7.94. The molecule has 6 bridgehead atoms. The fourth-order valence-corrected chi connectivity index (χ4v) is 5.61. The first kappa shape index (κ1) is 11.7. The van der Waals surface area contributed by atoms with Crippen molar-refractivity contribution in [2.75, 3.05) is 0 Å². The van der Waals surface area contributed by atoms with E-state index in [-0.39, 0.29) is 5.60 Å². The molecule has 0 saturated heterocycles. The van der Waals surface area contributed by atoms with Gasteiger partial charge in [0.25, 0.3) is 0 Å². The van der Waals surface area contributed by atoms with Crippen molar-refractivity contribution < 1.29 is 14.9 Å². The van der Waals surface area contributed by atoms with Gasteiger partial charge in [-0.3, -0.25) is 0 Å². The van der Waals surface area contributed by atoms with Crippen LogP contribution in [0.4, 0.5) is 0 Å². The van der Waals surface area contributed by atoms with Crippen molar-refractivity contribution in [1.29, 1.82) is 0 Å². The number of rotatable bonds is 1. The lowest BCUT2D eigenvalue weighted by atomic mass is 9.89. The van der Waals surface area contributed by atoms with Crippen LogP contribution in [-0.2, 0) is 4.74 Å². The molecule has 0 aromatic carbocycles. The van der Waals surface area contributed by atoms with Crippen LogP contribution < -0.4 is 0 Å². The Morgan fingerprint density at radius 3 is 1.78 bits per heavy atom. The fraction of sp³-hybridized carbons (Fsp3) is 1.00. The molecule has 0 spiro atoms. The highest BCUT2D eigenvalue weighted by atomic mass is 16.5. The second-order valence-electron chi connectivity index (χ2n) is 7.94. The van der Waals surface area contributed by atoms with Crippen LogP contribution in [0.15, 0.2) is 0 Å². The van der Waals surface area contributed by atoms with Crippen molar-refractivity contribution in [3.05, 3.63) is 0 Å². The quantitative estimate of drug-likeness (QED) is 0.742. The highest BCUT2D eigenvalue weighted by molar-refractivity contribution is 5.26. The van der Waals surface area contributed by atoms with E-state index >= 15 is 0 Å². The summed E-state index contributed by atoms with van der Waals surface area (Å²) in [6.07, 6.45) is 0.984. The number of ether oxygens (including phenoxy) is 1. The van der Waals surface area contributed by atoms with E-state index in [0.717, 1.165) is 30.6 Å². The summed E-state index contributed by atoms with van der Waals surface area (Å²) in [5.74, 6) is 4.18. The highest BCUT2D eigenvalue weighted by Gasteiger charge is 2.79. The number of hydrogen-bond acceptors (Lipinski definition) is 3. The molecular formula is C15H24O3. The molecular weight excluding hydrogens is 228 g/mol. The molecule has 5 fully saturated rings. The summed E-state index contributed by atoms with van der Waals surface area (Å²) in [6, 6.07) is 0. The van der Waals surface area contributed by atoms with Crippen LogP contribution in [0.5, 0.6) is 0 Å². The van der Waals surface area contributed by atoms with E-state index in [0.29, 0.717) is 23.9 Å². The van der Waals surface area contributed by atoms with Crippen LogP contribution in [0, 0.1) is 35.5 Å². The van der Waals surface area contributed by atoms with Gasteiger partial charge in [-0.2, -0.15) is 0 Å². The molecule has 18 heavy (non-hydrogen) atoms. The van der Waals surface area contributed by atoms with Gasteiger partial charge >= 0.3 is 0 Å².